The average molecular weight is 215 g/mol. The Kier molecular flexibility index (Phi) is 3.70. The lowest BCUT2D eigenvalue weighted by atomic mass is 10.1. The van der Waals surface area contributed by atoms with Crippen LogP contribution in [0, 0.1) is 15.9 Å². The van der Waals surface area contributed by atoms with Crippen LogP contribution in [0.3, 0.4) is 0 Å². The van der Waals surface area contributed by atoms with Crippen molar-refractivity contribution in [3.05, 3.63) is 39.2 Å². The smallest absolute Gasteiger partial charge is 0.310 e. The molecule has 1 aromatic rings. The van der Waals surface area contributed by atoms with Crippen LogP contribution in [0.25, 0.3) is 0 Å². The van der Waals surface area contributed by atoms with Gasteiger partial charge in [-0.2, -0.15) is 4.39 Å². The molecule has 0 radical (unpaired) electrons. The molecular weight excluding hydrogens is 205 g/mol. The molecule has 0 aliphatic carbocycles. The first-order valence-electron chi connectivity index (χ1n) is 4.15. The molecule has 0 heterocycles. The third kappa shape index (κ3) is 2.48. The maximum absolute atomic E-state index is 13.3. The molecule has 6 heteroatoms. The Morgan fingerprint density at radius 1 is 1.60 bits per heavy atom. The molecule has 0 atom stereocenters. The first-order chi connectivity index (χ1) is 7.10. The molecule has 82 valence electrons. The number of hydrogen-bond acceptors (Lipinski definition) is 4. The van der Waals surface area contributed by atoms with E-state index in [1.54, 1.807) is 0 Å². The Balaban J connectivity index is 3.28. The van der Waals surface area contributed by atoms with Crippen LogP contribution >= 0.6 is 0 Å². The number of methoxy groups -OCH3 is 1. The zero-order valence-electron chi connectivity index (χ0n) is 8.07. The maximum atomic E-state index is 13.3. The Bertz CT molecular complexity index is 381. The SMILES string of the molecule is COCc1cc(CO)cc(F)c1[N+](=O)[O-]. The van der Waals surface area contributed by atoms with Crippen molar-refractivity contribution in [2.75, 3.05) is 7.11 Å². The number of hydrogen-bond donors (Lipinski definition) is 1. The van der Waals surface area contributed by atoms with Gasteiger partial charge in [0, 0.05) is 7.11 Å². The summed E-state index contributed by atoms with van der Waals surface area (Å²) in [5.41, 5.74) is -0.203. The number of rotatable bonds is 4. The van der Waals surface area contributed by atoms with Crippen LogP contribution in [0.1, 0.15) is 11.1 Å². The molecule has 0 saturated carbocycles. The predicted molar refractivity (Wildman–Crippen MR) is 49.7 cm³/mol. The molecule has 0 spiro atoms. The monoisotopic (exact) mass is 215 g/mol. The van der Waals surface area contributed by atoms with E-state index < -0.39 is 16.4 Å². The van der Waals surface area contributed by atoms with Crippen molar-refractivity contribution in [1.29, 1.82) is 0 Å². The zero-order valence-corrected chi connectivity index (χ0v) is 8.07. The van der Waals surface area contributed by atoms with Crippen LogP contribution in [-0.2, 0) is 18.0 Å². The summed E-state index contributed by atoms with van der Waals surface area (Å²) < 4.78 is 18.0. The van der Waals surface area contributed by atoms with Crippen LogP contribution in [0.4, 0.5) is 10.1 Å². The summed E-state index contributed by atoms with van der Waals surface area (Å²) in [6.07, 6.45) is 0. The van der Waals surface area contributed by atoms with Crippen LogP contribution in [0.2, 0.25) is 0 Å². The Morgan fingerprint density at radius 3 is 2.73 bits per heavy atom. The van der Waals surface area contributed by atoms with Gasteiger partial charge >= 0.3 is 5.69 Å². The summed E-state index contributed by atoms with van der Waals surface area (Å²) >= 11 is 0. The second-order valence-corrected chi connectivity index (χ2v) is 2.93. The molecular formula is C9H10FNO4. The van der Waals surface area contributed by atoms with Gasteiger partial charge in [0.1, 0.15) is 0 Å². The van der Waals surface area contributed by atoms with Crippen LogP contribution < -0.4 is 0 Å². The van der Waals surface area contributed by atoms with Crippen molar-refractivity contribution in [2.24, 2.45) is 0 Å². The summed E-state index contributed by atoms with van der Waals surface area (Å²) in [4.78, 5) is 9.76. The van der Waals surface area contributed by atoms with Gasteiger partial charge in [-0.1, -0.05) is 0 Å². The van der Waals surface area contributed by atoms with Gasteiger partial charge in [0.05, 0.1) is 23.7 Å². The van der Waals surface area contributed by atoms with Crippen molar-refractivity contribution in [3.63, 3.8) is 0 Å². The lowest BCUT2D eigenvalue weighted by Crippen LogP contribution is -2.02. The number of benzene rings is 1. The van der Waals surface area contributed by atoms with E-state index in [4.69, 9.17) is 9.84 Å². The maximum Gasteiger partial charge on any atom is 0.310 e. The highest BCUT2D eigenvalue weighted by Crippen LogP contribution is 2.25. The number of ether oxygens (including phenoxy) is 1. The number of nitro groups is 1. The standard InChI is InChI=1S/C9H10FNO4/c1-15-5-7-2-6(4-12)3-8(10)9(7)11(13)14/h2-3,12H,4-5H2,1H3. The van der Waals surface area contributed by atoms with Crippen molar-refractivity contribution in [1.82, 2.24) is 0 Å². The van der Waals surface area contributed by atoms with Crippen LogP contribution in [0.15, 0.2) is 12.1 Å². The zero-order chi connectivity index (χ0) is 11.4. The average Bonchev–Trinajstić information content (AvgIpc) is 2.16. The van der Waals surface area contributed by atoms with Gasteiger partial charge in [-0.3, -0.25) is 10.1 Å². The quantitative estimate of drug-likeness (QED) is 0.608. The molecule has 0 aliphatic rings. The molecule has 1 rings (SSSR count). The largest absolute Gasteiger partial charge is 0.392 e. The van der Waals surface area contributed by atoms with E-state index in [0.29, 0.717) is 0 Å². The van der Waals surface area contributed by atoms with Crippen molar-refractivity contribution in [2.45, 2.75) is 13.2 Å². The Morgan fingerprint density at radius 2 is 2.27 bits per heavy atom. The molecule has 0 aromatic heterocycles. The molecule has 0 saturated heterocycles. The highest BCUT2D eigenvalue weighted by atomic mass is 19.1. The number of nitrogens with zero attached hydrogens (tertiary/aromatic N) is 1. The normalized spacial score (nSPS) is 10.3. The van der Waals surface area contributed by atoms with Crippen molar-refractivity contribution < 1.29 is 19.2 Å². The molecule has 15 heavy (non-hydrogen) atoms. The van der Waals surface area contributed by atoms with Crippen LogP contribution in [-0.4, -0.2) is 17.1 Å². The summed E-state index contributed by atoms with van der Waals surface area (Å²) in [7, 11) is 1.35. The molecule has 0 bridgehead atoms. The topological polar surface area (TPSA) is 72.6 Å². The van der Waals surface area contributed by atoms with E-state index in [9.17, 15) is 14.5 Å². The van der Waals surface area contributed by atoms with E-state index in [1.807, 2.05) is 0 Å². The summed E-state index contributed by atoms with van der Waals surface area (Å²) in [6, 6.07) is 2.29. The van der Waals surface area contributed by atoms with E-state index in [-0.39, 0.29) is 24.3 Å². The van der Waals surface area contributed by atoms with Gasteiger partial charge in [-0.05, 0) is 17.7 Å². The molecule has 0 fully saturated rings. The van der Waals surface area contributed by atoms with Crippen LogP contribution in [0.5, 0.6) is 0 Å². The molecule has 0 unspecified atom stereocenters. The van der Waals surface area contributed by atoms with Gasteiger partial charge in [-0.15, -0.1) is 0 Å². The fourth-order valence-electron chi connectivity index (χ4n) is 1.28. The number of aliphatic hydroxyl groups excluding tert-OH is 1. The Hall–Kier alpha value is -1.53. The van der Waals surface area contributed by atoms with Gasteiger partial charge in [0.2, 0.25) is 5.82 Å². The fraction of sp³-hybridized carbons (Fsp3) is 0.333. The van der Waals surface area contributed by atoms with E-state index >= 15 is 0 Å². The molecule has 1 N–H and O–H groups in total. The molecule has 5 nitrogen and oxygen atoms in total. The predicted octanol–water partition coefficient (Wildman–Crippen LogP) is 1.37. The molecule has 1 aromatic carbocycles. The fourth-order valence-corrected chi connectivity index (χ4v) is 1.28. The van der Waals surface area contributed by atoms with E-state index in [1.165, 1.54) is 13.2 Å². The summed E-state index contributed by atoms with van der Waals surface area (Å²) in [5.74, 6) is -0.960. The van der Waals surface area contributed by atoms with Gasteiger partial charge in [0.15, 0.2) is 0 Å². The number of halogens is 1. The van der Waals surface area contributed by atoms with Gasteiger partial charge < -0.3 is 9.84 Å². The molecule has 0 aliphatic heterocycles. The first kappa shape index (κ1) is 11.5. The van der Waals surface area contributed by atoms with E-state index in [2.05, 4.69) is 0 Å². The first-order valence-corrected chi connectivity index (χ1v) is 4.15. The highest BCUT2D eigenvalue weighted by Gasteiger charge is 2.21. The lowest BCUT2D eigenvalue weighted by molar-refractivity contribution is -0.388. The second-order valence-electron chi connectivity index (χ2n) is 2.93. The summed E-state index contributed by atoms with van der Waals surface area (Å²) in [6.45, 7) is -0.438. The minimum Gasteiger partial charge on any atom is -0.392 e. The number of aliphatic hydroxyl groups is 1. The minimum absolute atomic E-state index is 0.0684. The third-order valence-electron chi connectivity index (χ3n) is 1.87. The van der Waals surface area contributed by atoms with Gasteiger partial charge in [-0.25, -0.2) is 0 Å². The second kappa shape index (κ2) is 4.81. The Labute approximate surface area is 85.3 Å². The summed E-state index contributed by atoms with van der Waals surface area (Å²) in [5, 5.41) is 19.4. The number of nitro benzene ring substituents is 1. The van der Waals surface area contributed by atoms with Crippen molar-refractivity contribution >= 4 is 5.69 Å². The third-order valence-corrected chi connectivity index (χ3v) is 1.87. The molecule has 0 amide bonds. The highest BCUT2D eigenvalue weighted by molar-refractivity contribution is 5.44. The van der Waals surface area contributed by atoms with Crippen molar-refractivity contribution in [3.8, 4) is 0 Å². The van der Waals surface area contributed by atoms with Gasteiger partial charge in [0.25, 0.3) is 0 Å². The minimum atomic E-state index is -0.960. The lowest BCUT2D eigenvalue weighted by Gasteiger charge is -2.05. The van der Waals surface area contributed by atoms with E-state index in [0.717, 1.165) is 6.07 Å².